The molecule has 0 aliphatic heterocycles. The summed E-state index contributed by atoms with van der Waals surface area (Å²) in [4.78, 5) is 0. The molecule has 0 aliphatic carbocycles. The van der Waals surface area contributed by atoms with Gasteiger partial charge in [-0.25, -0.2) is 0 Å². The number of para-hydroxylation sites is 1. The minimum absolute atomic E-state index is 0.0279. The van der Waals surface area contributed by atoms with Crippen LogP contribution in [0.1, 0.15) is 29.7 Å². The Kier molecular flexibility index (Phi) is 5.08. The number of benzene rings is 2. The molecule has 0 bridgehead atoms. The minimum Gasteiger partial charge on any atom is -0.405 e. The molecule has 0 heterocycles. The molecule has 2 nitrogen and oxygen atoms in total. The van der Waals surface area contributed by atoms with Gasteiger partial charge in [-0.15, -0.1) is 13.2 Å². The third-order valence-corrected chi connectivity index (χ3v) is 3.45. The van der Waals surface area contributed by atoms with Crippen molar-refractivity contribution < 1.29 is 17.9 Å². The van der Waals surface area contributed by atoms with E-state index in [1.54, 1.807) is 12.1 Å². The first-order valence-electron chi connectivity index (χ1n) is 6.99. The van der Waals surface area contributed by atoms with Crippen LogP contribution in [0.4, 0.5) is 13.2 Å². The lowest BCUT2D eigenvalue weighted by Gasteiger charge is -2.18. The average Bonchev–Trinajstić information content (AvgIpc) is 2.45. The van der Waals surface area contributed by atoms with Gasteiger partial charge in [0.2, 0.25) is 0 Å². The van der Waals surface area contributed by atoms with E-state index in [-0.39, 0.29) is 11.8 Å². The zero-order valence-electron chi connectivity index (χ0n) is 12.4. The largest absolute Gasteiger partial charge is 0.573 e. The van der Waals surface area contributed by atoms with Gasteiger partial charge in [0.15, 0.2) is 0 Å². The van der Waals surface area contributed by atoms with Crippen LogP contribution in [0.3, 0.4) is 0 Å². The zero-order valence-corrected chi connectivity index (χ0v) is 12.4. The number of alkyl halides is 3. The van der Waals surface area contributed by atoms with Gasteiger partial charge in [-0.3, -0.25) is 0 Å². The fourth-order valence-corrected chi connectivity index (χ4v) is 2.32. The summed E-state index contributed by atoms with van der Waals surface area (Å²) < 4.78 is 41.2. The molecule has 2 aromatic rings. The lowest BCUT2D eigenvalue weighted by Crippen LogP contribution is -2.22. The molecule has 22 heavy (non-hydrogen) atoms. The maximum atomic E-state index is 12.4. The number of halogens is 3. The van der Waals surface area contributed by atoms with E-state index < -0.39 is 6.36 Å². The minimum atomic E-state index is -4.68. The highest BCUT2D eigenvalue weighted by molar-refractivity contribution is 5.34. The summed E-state index contributed by atoms with van der Waals surface area (Å²) in [5.41, 5.74) is 2.74. The Labute approximate surface area is 127 Å². The molecule has 1 atom stereocenters. The van der Waals surface area contributed by atoms with Crippen molar-refractivity contribution in [2.75, 3.05) is 0 Å². The van der Waals surface area contributed by atoms with Crippen molar-refractivity contribution in [3.8, 4) is 5.75 Å². The average molecular weight is 309 g/mol. The molecule has 0 radical (unpaired) electrons. The first-order chi connectivity index (χ1) is 10.4. The molecule has 0 amide bonds. The molecule has 2 rings (SSSR count). The molecule has 5 heteroatoms. The van der Waals surface area contributed by atoms with Crippen LogP contribution in [-0.4, -0.2) is 6.36 Å². The number of rotatable bonds is 5. The van der Waals surface area contributed by atoms with E-state index in [4.69, 9.17) is 0 Å². The predicted molar refractivity (Wildman–Crippen MR) is 79.6 cm³/mol. The Bertz CT molecular complexity index is 625. The highest BCUT2D eigenvalue weighted by atomic mass is 19.4. The molecule has 1 N–H and O–H groups in total. The third-order valence-electron chi connectivity index (χ3n) is 3.45. The summed E-state index contributed by atoms with van der Waals surface area (Å²) in [7, 11) is 0. The van der Waals surface area contributed by atoms with Gasteiger partial charge < -0.3 is 10.1 Å². The zero-order chi connectivity index (χ0) is 16.2. The van der Waals surface area contributed by atoms with Crippen LogP contribution in [0.2, 0.25) is 0 Å². The second kappa shape index (κ2) is 6.83. The highest BCUT2D eigenvalue weighted by Gasteiger charge is 2.31. The van der Waals surface area contributed by atoms with Gasteiger partial charge in [0.05, 0.1) is 0 Å². The van der Waals surface area contributed by atoms with Gasteiger partial charge in [-0.05, 0) is 31.0 Å². The fraction of sp³-hybridized carbons (Fsp3) is 0.294. The van der Waals surface area contributed by atoms with Crippen LogP contribution < -0.4 is 10.1 Å². The van der Waals surface area contributed by atoms with Gasteiger partial charge in [0.1, 0.15) is 5.75 Å². The van der Waals surface area contributed by atoms with E-state index in [1.165, 1.54) is 12.1 Å². The van der Waals surface area contributed by atoms with Crippen molar-refractivity contribution in [1.29, 1.82) is 0 Å². The van der Waals surface area contributed by atoms with Crippen LogP contribution in [0.15, 0.2) is 48.5 Å². The quantitative estimate of drug-likeness (QED) is 0.861. The van der Waals surface area contributed by atoms with E-state index in [0.717, 1.165) is 11.1 Å². The smallest absolute Gasteiger partial charge is 0.405 e. The third kappa shape index (κ3) is 4.49. The van der Waals surface area contributed by atoms with Crippen LogP contribution in [-0.2, 0) is 6.54 Å². The van der Waals surface area contributed by atoms with Gasteiger partial charge in [-0.2, -0.15) is 0 Å². The van der Waals surface area contributed by atoms with Gasteiger partial charge in [0, 0.05) is 18.2 Å². The summed E-state index contributed by atoms with van der Waals surface area (Å²) in [6, 6.07) is 14.1. The molecule has 0 aliphatic rings. The number of aryl methyl sites for hydroxylation is 1. The van der Waals surface area contributed by atoms with Crippen LogP contribution >= 0.6 is 0 Å². The van der Waals surface area contributed by atoms with Crippen LogP contribution in [0, 0.1) is 6.92 Å². The molecular weight excluding hydrogens is 291 g/mol. The first-order valence-corrected chi connectivity index (χ1v) is 6.99. The Balaban J connectivity index is 2.07. The van der Waals surface area contributed by atoms with E-state index in [1.807, 2.05) is 38.1 Å². The molecule has 1 unspecified atom stereocenters. The maximum absolute atomic E-state index is 12.4. The van der Waals surface area contributed by atoms with Crippen molar-refractivity contribution in [3.05, 3.63) is 65.2 Å². The number of ether oxygens (including phenoxy) is 1. The standard InChI is InChI=1S/C17H18F3NO/c1-12-7-3-5-9-15(12)13(2)21-11-14-8-4-6-10-16(14)22-17(18,19)20/h3-10,13,21H,11H2,1-2H3. The molecule has 118 valence electrons. The monoisotopic (exact) mass is 309 g/mol. The van der Waals surface area contributed by atoms with Crippen molar-refractivity contribution in [2.24, 2.45) is 0 Å². The molecule has 0 saturated carbocycles. The summed E-state index contributed by atoms with van der Waals surface area (Å²) in [5.74, 6) is -0.167. The van der Waals surface area contributed by atoms with E-state index >= 15 is 0 Å². The molecule has 0 fully saturated rings. The van der Waals surface area contributed by atoms with Crippen molar-refractivity contribution >= 4 is 0 Å². The SMILES string of the molecule is Cc1ccccc1C(C)NCc1ccccc1OC(F)(F)F. The number of hydrogen-bond acceptors (Lipinski definition) is 2. The van der Waals surface area contributed by atoms with Gasteiger partial charge >= 0.3 is 6.36 Å². The van der Waals surface area contributed by atoms with Crippen molar-refractivity contribution in [2.45, 2.75) is 32.8 Å². The first kappa shape index (κ1) is 16.4. The lowest BCUT2D eigenvalue weighted by atomic mass is 10.0. The predicted octanol–water partition coefficient (Wildman–Crippen LogP) is 4.74. The lowest BCUT2D eigenvalue weighted by molar-refractivity contribution is -0.274. The molecule has 0 spiro atoms. The Morgan fingerprint density at radius 2 is 1.68 bits per heavy atom. The van der Waals surface area contributed by atoms with Gasteiger partial charge in [-0.1, -0.05) is 42.5 Å². The fourth-order valence-electron chi connectivity index (χ4n) is 2.32. The second-order valence-corrected chi connectivity index (χ2v) is 5.11. The molecular formula is C17H18F3NO. The molecule has 2 aromatic carbocycles. The molecule has 0 saturated heterocycles. The summed E-state index contributed by atoms with van der Waals surface area (Å²) in [6.45, 7) is 4.28. The highest BCUT2D eigenvalue weighted by Crippen LogP contribution is 2.27. The van der Waals surface area contributed by atoms with Crippen LogP contribution in [0.5, 0.6) is 5.75 Å². The van der Waals surface area contributed by atoms with Crippen LogP contribution in [0.25, 0.3) is 0 Å². The summed E-state index contributed by atoms with van der Waals surface area (Å²) in [6.07, 6.45) is -4.68. The summed E-state index contributed by atoms with van der Waals surface area (Å²) in [5, 5.41) is 3.23. The second-order valence-electron chi connectivity index (χ2n) is 5.11. The Hall–Kier alpha value is -2.01. The molecule has 0 aromatic heterocycles. The Morgan fingerprint density at radius 1 is 1.05 bits per heavy atom. The number of nitrogens with one attached hydrogen (secondary N) is 1. The van der Waals surface area contributed by atoms with Crippen molar-refractivity contribution in [1.82, 2.24) is 5.32 Å². The van der Waals surface area contributed by atoms with E-state index in [0.29, 0.717) is 12.1 Å². The van der Waals surface area contributed by atoms with E-state index in [2.05, 4.69) is 10.1 Å². The van der Waals surface area contributed by atoms with E-state index in [9.17, 15) is 13.2 Å². The topological polar surface area (TPSA) is 21.3 Å². The Morgan fingerprint density at radius 3 is 2.36 bits per heavy atom. The van der Waals surface area contributed by atoms with Gasteiger partial charge in [0.25, 0.3) is 0 Å². The van der Waals surface area contributed by atoms with Crippen molar-refractivity contribution in [3.63, 3.8) is 0 Å². The summed E-state index contributed by atoms with van der Waals surface area (Å²) >= 11 is 0. The maximum Gasteiger partial charge on any atom is 0.573 e. The normalized spacial score (nSPS) is 13.0. The number of hydrogen-bond donors (Lipinski definition) is 1.